The number of hydrogen-bond donors (Lipinski definition) is 4. The molecule has 9 rings (SSSR count). The Morgan fingerprint density at radius 1 is 0.903 bits per heavy atom. The number of alkyl carbamates (subject to hydrolysis) is 2. The minimum atomic E-state index is -0.666. The Kier molecular flexibility index (Phi) is 11.7. The van der Waals surface area contributed by atoms with Gasteiger partial charge in [0.1, 0.15) is 17.9 Å². The highest BCUT2D eigenvalue weighted by Crippen LogP contribution is 2.44. The zero-order valence-corrected chi connectivity index (χ0v) is 35.9. The average molecular weight is 846 g/mol. The zero-order valence-electron chi connectivity index (χ0n) is 35.9. The third-order valence-corrected chi connectivity index (χ3v) is 13.9. The second kappa shape index (κ2) is 17.5. The van der Waals surface area contributed by atoms with E-state index >= 15 is 0 Å². The topological polar surface area (TPSA) is 184 Å². The highest BCUT2D eigenvalue weighted by Gasteiger charge is 2.54. The number of imidazole rings is 1. The van der Waals surface area contributed by atoms with Crippen LogP contribution in [0.5, 0.6) is 0 Å². The summed E-state index contributed by atoms with van der Waals surface area (Å²) in [6.07, 6.45) is 6.85. The molecule has 5 aliphatic rings. The van der Waals surface area contributed by atoms with Crippen molar-refractivity contribution in [1.82, 2.24) is 30.4 Å². The standard InChI is InChI=1S/C47H56N8O7/c1-26(2)35(24-49-46(58)60-3)44(56)54-19-5-6-38(54)42-50-36-16-13-31-22-30(12-15-34(31)40(36)52-42)27-7-9-28(10-8-27)37-25-48-43(51-37)41-32-11-14-33(23-32)55(41)45(57)39(53-47(59)61-4)29-17-20-62-21-18-29/h7-10,12-13,15-16,22,25-26,29,32-33,35,38-39,41H,5-6,11,14,17-21,23-24H2,1-4H3,(H,48,51)(H,49,58)(H,50,52)(H,53,59)/p+1/t32-,33+,35-,38-,39-,41-/m0/s1. The monoisotopic (exact) mass is 845 g/mol. The number of aromatic amines is 1. The number of rotatable bonds is 11. The molecule has 4 aliphatic heterocycles. The first-order valence-corrected chi connectivity index (χ1v) is 22.1. The number of nitrogens with two attached hydrogens (primary N) is 1. The number of piperidine rings is 1. The Balaban J connectivity index is 0.884. The normalized spacial score (nSPS) is 23.4. The van der Waals surface area contributed by atoms with Gasteiger partial charge in [-0.3, -0.25) is 14.9 Å². The molecule has 3 saturated heterocycles. The first-order chi connectivity index (χ1) is 30.1. The number of nitrogens with zero attached hydrogens (tertiary/aromatic N) is 4. The van der Waals surface area contributed by atoms with Gasteiger partial charge in [-0.05, 0) is 103 Å². The lowest BCUT2D eigenvalue weighted by Gasteiger charge is -2.38. The van der Waals surface area contributed by atoms with Crippen LogP contribution in [0, 0.1) is 23.7 Å². The van der Waals surface area contributed by atoms with E-state index in [9.17, 15) is 19.2 Å². The second-order valence-electron chi connectivity index (χ2n) is 17.8. The van der Waals surface area contributed by atoms with Gasteiger partial charge in [-0.15, -0.1) is 0 Å². The molecular formula is C47H57N8O7+. The number of aromatic nitrogens is 2. The molecule has 3 aromatic carbocycles. The summed E-state index contributed by atoms with van der Waals surface area (Å²) in [6.45, 7) is 6.00. The number of carbonyl (C=O) groups is 4. The van der Waals surface area contributed by atoms with Crippen LogP contribution in [0.25, 0.3) is 38.6 Å². The minimum absolute atomic E-state index is 0.0137. The summed E-state index contributed by atoms with van der Waals surface area (Å²) < 4.78 is 15.3. The van der Waals surface area contributed by atoms with Crippen molar-refractivity contribution in [2.45, 2.75) is 83.0 Å². The summed E-state index contributed by atoms with van der Waals surface area (Å²) in [7, 11) is 2.65. The van der Waals surface area contributed by atoms with Gasteiger partial charge in [0, 0.05) is 43.3 Å². The molecule has 0 spiro atoms. The van der Waals surface area contributed by atoms with Crippen LogP contribution in [-0.2, 0) is 23.8 Å². The summed E-state index contributed by atoms with van der Waals surface area (Å²) in [5, 5.41) is 9.83. The quantitative estimate of drug-likeness (QED) is 0.153. The van der Waals surface area contributed by atoms with Gasteiger partial charge in [-0.25, -0.2) is 19.6 Å². The van der Waals surface area contributed by atoms with Crippen LogP contribution in [0.4, 0.5) is 9.59 Å². The fourth-order valence-corrected chi connectivity index (χ4v) is 10.6. The predicted octanol–water partition coefficient (Wildman–Crippen LogP) is 5.48. The number of fused-ring (bicyclic) bond motifs is 5. The largest absolute Gasteiger partial charge is 0.453 e. The molecule has 5 N–H and O–H groups in total. The fraction of sp³-hybridized carbons (Fsp3) is 0.489. The summed E-state index contributed by atoms with van der Waals surface area (Å²) in [4.78, 5) is 70.0. The number of quaternary nitrogens is 1. The van der Waals surface area contributed by atoms with Gasteiger partial charge in [0.25, 0.3) is 0 Å². The van der Waals surface area contributed by atoms with Gasteiger partial charge in [0.05, 0.1) is 43.4 Å². The van der Waals surface area contributed by atoms with Crippen molar-refractivity contribution in [1.29, 1.82) is 0 Å². The van der Waals surface area contributed by atoms with Gasteiger partial charge >= 0.3 is 12.2 Å². The minimum Gasteiger partial charge on any atom is -0.453 e. The Bertz CT molecular complexity index is 2420. The van der Waals surface area contributed by atoms with E-state index in [-0.39, 0.29) is 54.2 Å². The smallest absolute Gasteiger partial charge is 0.407 e. The molecule has 4 aromatic rings. The van der Waals surface area contributed by atoms with E-state index in [0.29, 0.717) is 38.5 Å². The maximum Gasteiger partial charge on any atom is 0.407 e. The number of amidine groups is 1. The fourth-order valence-electron chi connectivity index (χ4n) is 10.6. The molecule has 2 bridgehead atoms. The van der Waals surface area contributed by atoms with Crippen LogP contribution < -0.4 is 16.0 Å². The van der Waals surface area contributed by atoms with Crippen LogP contribution in [0.15, 0.2) is 65.8 Å². The Labute approximate surface area is 361 Å². The van der Waals surface area contributed by atoms with E-state index in [0.717, 1.165) is 88.0 Å². The number of methoxy groups -OCH3 is 2. The number of likely N-dealkylation sites (tertiary alicyclic amines) is 2. The number of H-pyrrole nitrogens is 1. The molecule has 1 saturated carbocycles. The molecule has 0 unspecified atom stereocenters. The van der Waals surface area contributed by atoms with Gasteiger partial charge in [0.15, 0.2) is 5.70 Å². The summed E-state index contributed by atoms with van der Waals surface area (Å²) in [5.74, 6) is 1.62. The lowest BCUT2D eigenvalue weighted by Crippen LogP contribution is -2.87. The molecule has 5 heterocycles. The van der Waals surface area contributed by atoms with E-state index in [1.165, 1.54) is 14.2 Å². The number of aliphatic imine (C=N–C) groups is 1. The average Bonchev–Trinajstić information content (AvgIpc) is 4.16. The van der Waals surface area contributed by atoms with Crippen molar-refractivity contribution >= 4 is 57.3 Å². The van der Waals surface area contributed by atoms with E-state index in [1.54, 1.807) is 0 Å². The van der Waals surface area contributed by atoms with Gasteiger partial charge in [-0.1, -0.05) is 44.2 Å². The number of carbonyl (C=O) groups excluding carboxylic acids is 4. The molecule has 4 amide bonds. The molecule has 326 valence electrons. The van der Waals surface area contributed by atoms with Crippen molar-refractivity contribution in [3.8, 4) is 11.1 Å². The molecular weight excluding hydrogens is 789 g/mol. The Morgan fingerprint density at radius 3 is 2.42 bits per heavy atom. The van der Waals surface area contributed by atoms with Crippen LogP contribution in [0.3, 0.4) is 0 Å². The van der Waals surface area contributed by atoms with E-state index < -0.39 is 18.2 Å². The molecule has 62 heavy (non-hydrogen) atoms. The number of nitrogens with one attached hydrogen (secondary N) is 3. The lowest BCUT2D eigenvalue weighted by molar-refractivity contribution is -0.436. The summed E-state index contributed by atoms with van der Waals surface area (Å²) in [5.41, 5.74) is 6.03. The third kappa shape index (κ3) is 7.92. The number of ether oxygens (including phenoxy) is 3. The predicted molar refractivity (Wildman–Crippen MR) is 233 cm³/mol. The maximum atomic E-state index is 14.4. The SMILES string of the molecule is COC(=O)NC[C@H](C(=O)N1CCC[C@H]1c1nc2c(ccc3cc(-c4ccc(C5=CN=C([C@@H]6[C@H]7CC[C@H](C7)N6C(=O)[C@@H](NC(=O)OC)C6CCOCC6)[NH2+]5)cc4)ccc32)[nH]1)C(C)C. The summed E-state index contributed by atoms with van der Waals surface area (Å²) >= 11 is 0. The van der Waals surface area contributed by atoms with Crippen LogP contribution in [0.1, 0.15) is 76.2 Å². The summed E-state index contributed by atoms with van der Waals surface area (Å²) in [6, 6.07) is 18.3. The highest BCUT2D eigenvalue weighted by molar-refractivity contribution is 6.05. The van der Waals surface area contributed by atoms with Crippen molar-refractivity contribution in [2.24, 2.45) is 28.7 Å². The number of benzene rings is 3. The lowest BCUT2D eigenvalue weighted by atomic mass is 9.89. The molecule has 15 heteroatoms. The molecule has 1 aromatic heterocycles. The zero-order chi connectivity index (χ0) is 43.1. The molecule has 15 nitrogen and oxygen atoms in total. The molecule has 6 atom stereocenters. The van der Waals surface area contributed by atoms with E-state index in [4.69, 9.17) is 24.2 Å². The second-order valence-corrected chi connectivity index (χ2v) is 17.8. The van der Waals surface area contributed by atoms with Crippen molar-refractivity contribution < 1.29 is 38.7 Å². The first-order valence-electron chi connectivity index (χ1n) is 22.1. The van der Waals surface area contributed by atoms with Crippen molar-refractivity contribution in [2.75, 3.05) is 40.5 Å². The number of hydrogen-bond acceptors (Lipinski definition) is 9. The third-order valence-electron chi connectivity index (χ3n) is 13.9. The van der Waals surface area contributed by atoms with Gasteiger partial charge in [0.2, 0.25) is 17.6 Å². The Hall–Kier alpha value is -5.80. The molecule has 1 aliphatic carbocycles. The van der Waals surface area contributed by atoms with E-state index in [2.05, 4.69) is 75.5 Å². The van der Waals surface area contributed by atoms with Crippen molar-refractivity contribution in [3.63, 3.8) is 0 Å². The number of amides is 4. The van der Waals surface area contributed by atoms with Gasteiger partial charge in [-0.2, -0.15) is 0 Å². The Morgan fingerprint density at radius 2 is 1.66 bits per heavy atom. The molecule has 0 radical (unpaired) electrons. The first kappa shape index (κ1) is 41.5. The maximum absolute atomic E-state index is 14.4. The van der Waals surface area contributed by atoms with Crippen LogP contribution >= 0.6 is 0 Å². The van der Waals surface area contributed by atoms with Crippen molar-refractivity contribution in [3.05, 3.63) is 72.2 Å². The van der Waals surface area contributed by atoms with E-state index in [1.807, 2.05) is 29.8 Å². The van der Waals surface area contributed by atoms with Crippen LogP contribution in [-0.4, -0.2) is 108 Å². The van der Waals surface area contributed by atoms with Gasteiger partial charge < -0.3 is 39.6 Å². The highest BCUT2D eigenvalue weighted by atomic mass is 16.5. The van der Waals surface area contributed by atoms with Crippen LogP contribution in [0.2, 0.25) is 0 Å². The molecule has 4 fully saturated rings.